The van der Waals surface area contributed by atoms with Crippen molar-refractivity contribution in [3.63, 3.8) is 0 Å². The van der Waals surface area contributed by atoms with Crippen molar-refractivity contribution < 1.29 is 29.0 Å². The van der Waals surface area contributed by atoms with Gasteiger partial charge in [0.15, 0.2) is 0 Å². The molecule has 6 heteroatoms. The first kappa shape index (κ1) is 22.4. The molecule has 2 unspecified atom stereocenters. The first-order valence-corrected chi connectivity index (χ1v) is 8.20. The molecule has 0 spiro atoms. The van der Waals surface area contributed by atoms with Gasteiger partial charge in [-0.3, -0.25) is 14.4 Å². The molecule has 0 aliphatic heterocycles. The van der Waals surface area contributed by atoms with Crippen LogP contribution < -0.4 is 0 Å². The molecule has 0 aromatic heterocycles. The second kappa shape index (κ2) is 8.49. The Balaban J connectivity index is 5.52. The molecule has 0 aliphatic rings. The number of aliphatic carboxylic acids is 1. The first-order valence-electron chi connectivity index (χ1n) is 8.20. The van der Waals surface area contributed by atoms with E-state index in [1.54, 1.807) is 6.92 Å². The van der Waals surface area contributed by atoms with Gasteiger partial charge in [-0.05, 0) is 37.0 Å². The fourth-order valence-electron chi connectivity index (χ4n) is 3.76. The van der Waals surface area contributed by atoms with Crippen LogP contribution in [0, 0.1) is 16.2 Å². The summed E-state index contributed by atoms with van der Waals surface area (Å²) in [5, 5.41) is 9.33. The molecule has 0 heterocycles. The quantitative estimate of drug-likeness (QED) is 0.611. The van der Waals surface area contributed by atoms with Crippen LogP contribution in [0.4, 0.5) is 0 Å². The summed E-state index contributed by atoms with van der Waals surface area (Å²) in [6.07, 6.45) is 1.52. The van der Waals surface area contributed by atoms with E-state index in [4.69, 9.17) is 9.47 Å². The second-order valence-corrected chi connectivity index (χ2v) is 8.06. The highest BCUT2D eigenvalue weighted by Crippen LogP contribution is 2.47. The first-order chi connectivity index (χ1) is 10.8. The zero-order valence-electron chi connectivity index (χ0n) is 16.0. The number of carbonyl (C=O) groups is 3. The smallest absolute Gasteiger partial charge is 0.311 e. The molecule has 1 N–H and O–H groups in total. The number of esters is 2. The van der Waals surface area contributed by atoms with Gasteiger partial charge in [-0.15, -0.1) is 0 Å². The average molecular weight is 344 g/mol. The maximum atomic E-state index is 12.2. The zero-order valence-corrected chi connectivity index (χ0v) is 16.0. The van der Waals surface area contributed by atoms with E-state index in [-0.39, 0.29) is 24.8 Å². The SMILES string of the molecule is CCC(C)(CC(C)(CC(=O)O)CC(C)(C)CC(=O)OC)C(=O)OC. The van der Waals surface area contributed by atoms with Crippen LogP contribution in [0.2, 0.25) is 0 Å². The number of carboxylic acid groups (broad SMARTS) is 1. The largest absolute Gasteiger partial charge is 0.481 e. The van der Waals surface area contributed by atoms with Crippen molar-refractivity contribution in [2.45, 2.75) is 66.7 Å². The molecule has 0 saturated heterocycles. The van der Waals surface area contributed by atoms with Gasteiger partial charge in [0.05, 0.1) is 32.5 Å². The molecule has 0 radical (unpaired) electrons. The van der Waals surface area contributed by atoms with Crippen LogP contribution in [0.15, 0.2) is 0 Å². The van der Waals surface area contributed by atoms with Gasteiger partial charge in [0.1, 0.15) is 0 Å². The second-order valence-electron chi connectivity index (χ2n) is 8.06. The Bertz CT molecular complexity index is 470. The van der Waals surface area contributed by atoms with Crippen molar-refractivity contribution in [3.05, 3.63) is 0 Å². The normalized spacial score (nSPS) is 16.6. The number of ether oxygens (including phenoxy) is 2. The minimum atomic E-state index is -0.922. The summed E-state index contributed by atoms with van der Waals surface area (Å²) in [5.41, 5.74) is -1.86. The molecule has 0 amide bonds. The summed E-state index contributed by atoms with van der Waals surface area (Å²) < 4.78 is 9.64. The van der Waals surface area contributed by atoms with Gasteiger partial charge in [0, 0.05) is 0 Å². The summed E-state index contributed by atoms with van der Waals surface area (Å²) in [6.45, 7) is 9.36. The predicted octanol–water partition coefficient (Wildman–Crippen LogP) is 3.43. The Morgan fingerprint density at radius 2 is 1.46 bits per heavy atom. The Hall–Kier alpha value is -1.59. The molecule has 24 heavy (non-hydrogen) atoms. The molecule has 0 bridgehead atoms. The number of hydrogen-bond acceptors (Lipinski definition) is 5. The molecule has 2 atom stereocenters. The minimum Gasteiger partial charge on any atom is -0.481 e. The third-order valence-electron chi connectivity index (χ3n) is 4.61. The molecular formula is C18H32O6. The van der Waals surface area contributed by atoms with E-state index in [0.717, 1.165) is 0 Å². The number of carboxylic acids is 1. The molecule has 0 rings (SSSR count). The van der Waals surface area contributed by atoms with Crippen LogP contribution in [0.3, 0.4) is 0 Å². The fraction of sp³-hybridized carbons (Fsp3) is 0.833. The Kier molecular flexibility index (Phi) is 7.93. The average Bonchev–Trinajstić information content (AvgIpc) is 2.43. The van der Waals surface area contributed by atoms with Crippen LogP contribution in [0.25, 0.3) is 0 Å². The maximum Gasteiger partial charge on any atom is 0.311 e. The molecule has 0 fully saturated rings. The zero-order chi connectivity index (χ0) is 19.2. The van der Waals surface area contributed by atoms with Crippen LogP contribution in [-0.2, 0) is 23.9 Å². The van der Waals surface area contributed by atoms with E-state index in [1.165, 1.54) is 14.2 Å². The highest BCUT2D eigenvalue weighted by molar-refractivity contribution is 5.76. The highest BCUT2D eigenvalue weighted by Gasteiger charge is 2.44. The van der Waals surface area contributed by atoms with Gasteiger partial charge in [0.2, 0.25) is 0 Å². The van der Waals surface area contributed by atoms with Crippen molar-refractivity contribution in [2.24, 2.45) is 16.2 Å². The Labute approximate surface area is 144 Å². The van der Waals surface area contributed by atoms with Gasteiger partial charge in [0.25, 0.3) is 0 Å². The number of carbonyl (C=O) groups excluding carboxylic acids is 2. The van der Waals surface area contributed by atoms with Crippen molar-refractivity contribution in [3.8, 4) is 0 Å². The molecule has 0 aromatic carbocycles. The lowest BCUT2D eigenvalue weighted by atomic mass is 9.63. The lowest BCUT2D eigenvalue weighted by molar-refractivity contribution is -0.156. The standard InChI is InChI=1S/C18H32O6/c1-8-18(5,15(22)24-7)12-17(4,9-13(19)20)11-16(2,3)10-14(21)23-6/h8-12H2,1-7H3,(H,19,20). The van der Waals surface area contributed by atoms with E-state index in [0.29, 0.717) is 19.3 Å². The number of rotatable bonds is 10. The van der Waals surface area contributed by atoms with Gasteiger partial charge in [-0.25, -0.2) is 0 Å². The Morgan fingerprint density at radius 3 is 1.83 bits per heavy atom. The molecule has 140 valence electrons. The van der Waals surface area contributed by atoms with E-state index >= 15 is 0 Å². The molecule has 0 saturated carbocycles. The lowest BCUT2D eigenvalue weighted by Crippen LogP contribution is -2.38. The van der Waals surface area contributed by atoms with E-state index in [1.807, 2.05) is 27.7 Å². The van der Waals surface area contributed by atoms with Crippen LogP contribution >= 0.6 is 0 Å². The summed E-state index contributed by atoms with van der Waals surface area (Å²) >= 11 is 0. The van der Waals surface area contributed by atoms with Crippen molar-refractivity contribution >= 4 is 17.9 Å². The number of hydrogen-bond donors (Lipinski definition) is 1. The van der Waals surface area contributed by atoms with E-state index < -0.39 is 22.2 Å². The number of methoxy groups -OCH3 is 2. The van der Waals surface area contributed by atoms with Crippen LogP contribution in [0.5, 0.6) is 0 Å². The van der Waals surface area contributed by atoms with E-state index in [9.17, 15) is 19.5 Å². The topological polar surface area (TPSA) is 89.9 Å². The van der Waals surface area contributed by atoms with Crippen molar-refractivity contribution in [2.75, 3.05) is 14.2 Å². The summed E-state index contributed by atoms with van der Waals surface area (Å²) in [7, 11) is 2.67. The Morgan fingerprint density at radius 1 is 0.917 bits per heavy atom. The summed E-state index contributed by atoms with van der Waals surface area (Å²) in [6, 6.07) is 0. The van der Waals surface area contributed by atoms with Crippen LogP contribution in [-0.4, -0.2) is 37.2 Å². The molecule has 6 nitrogen and oxygen atoms in total. The monoisotopic (exact) mass is 344 g/mol. The molecule has 0 aromatic rings. The maximum absolute atomic E-state index is 12.2. The van der Waals surface area contributed by atoms with Crippen molar-refractivity contribution in [1.82, 2.24) is 0 Å². The van der Waals surface area contributed by atoms with Crippen LogP contribution in [0.1, 0.15) is 66.7 Å². The third kappa shape index (κ3) is 6.89. The van der Waals surface area contributed by atoms with Gasteiger partial charge < -0.3 is 14.6 Å². The predicted molar refractivity (Wildman–Crippen MR) is 90.4 cm³/mol. The minimum absolute atomic E-state index is 0.0792. The third-order valence-corrected chi connectivity index (χ3v) is 4.61. The fourth-order valence-corrected chi connectivity index (χ4v) is 3.76. The molecular weight excluding hydrogens is 312 g/mol. The molecule has 0 aliphatic carbocycles. The van der Waals surface area contributed by atoms with Gasteiger partial charge in [-0.1, -0.05) is 27.7 Å². The van der Waals surface area contributed by atoms with Gasteiger partial charge >= 0.3 is 17.9 Å². The lowest BCUT2D eigenvalue weighted by Gasteiger charge is -2.41. The summed E-state index contributed by atoms with van der Waals surface area (Å²) in [5.74, 6) is -1.59. The van der Waals surface area contributed by atoms with Gasteiger partial charge in [-0.2, -0.15) is 0 Å². The van der Waals surface area contributed by atoms with E-state index in [2.05, 4.69) is 0 Å². The summed E-state index contributed by atoms with van der Waals surface area (Å²) in [4.78, 5) is 35.2. The van der Waals surface area contributed by atoms with Crippen molar-refractivity contribution in [1.29, 1.82) is 0 Å². The highest BCUT2D eigenvalue weighted by atomic mass is 16.5.